The van der Waals surface area contributed by atoms with Gasteiger partial charge in [0.1, 0.15) is 6.10 Å². The number of esters is 1. The summed E-state index contributed by atoms with van der Waals surface area (Å²) < 4.78 is 5.99. The van der Waals surface area contributed by atoms with Gasteiger partial charge in [0.2, 0.25) is 5.91 Å². The maximum atomic E-state index is 13.3. The van der Waals surface area contributed by atoms with Gasteiger partial charge in [-0.2, -0.15) is 0 Å². The Labute approximate surface area is 431 Å². The van der Waals surface area contributed by atoms with Crippen molar-refractivity contribution < 1.29 is 24.5 Å². The summed E-state index contributed by atoms with van der Waals surface area (Å²) in [5.41, 5.74) is 0. The van der Waals surface area contributed by atoms with Crippen LogP contribution < -0.4 is 5.32 Å². The molecule has 6 nitrogen and oxygen atoms in total. The lowest BCUT2D eigenvalue weighted by molar-refractivity contribution is -0.151. The van der Waals surface area contributed by atoms with Crippen LogP contribution in [0.2, 0.25) is 0 Å². The van der Waals surface area contributed by atoms with Crippen LogP contribution in [-0.4, -0.2) is 46.9 Å². The van der Waals surface area contributed by atoms with Crippen LogP contribution in [0.4, 0.5) is 0 Å². The molecule has 0 aromatic carbocycles. The zero-order valence-electron chi connectivity index (χ0n) is 47.0. The van der Waals surface area contributed by atoms with Crippen molar-refractivity contribution in [2.75, 3.05) is 6.61 Å². The number of amides is 1. The first kappa shape index (κ1) is 67.6. The topological polar surface area (TPSA) is 95.9 Å². The van der Waals surface area contributed by atoms with E-state index in [1.54, 1.807) is 0 Å². The summed E-state index contributed by atoms with van der Waals surface area (Å²) in [5.74, 6) is -0.448. The highest BCUT2D eigenvalue weighted by Gasteiger charge is 2.24. The van der Waals surface area contributed by atoms with Crippen LogP contribution in [0.1, 0.15) is 355 Å². The maximum absolute atomic E-state index is 13.3. The third-order valence-electron chi connectivity index (χ3n) is 14.8. The minimum atomic E-state index is -0.783. The molecule has 0 aliphatic heterocycles. The highest BCUT2D eigenvalue weighted by Crippen LogP contribution is 2.20. The molecule has 3 N–H and O–H groups in total. The van der Waals surface area contributed by atoms with Gasteiger partial charge in [-0.25, -0.2) is 0 Å². The molecule has 0 fully saturated rings. The number of allylic oxidation sites excluding steroid dienone is 2. The Bertz CT molecular complexity index is 1050. The number of aliphatic hydroxyl groups is 2. The average molecular weight is 975 g/mol. The highest BCUT2D eigenvalue weighted by molar-refractivity contribution is 5.77. The van der Waals surface area contributed by atoms with Crippen molar-refractivity contribution in [1.29, 1.82) is 0 Å². The Hall–Kier alpha value is -1.40. The van der Waals surface area contributed by atoms with Gasteiger partial charge in [0, 0.05) is 6.42 Å². The summed E-state index contributed by atoms with van der Waals surface area (Å²) in [7, 11) is 0. The first-order valence-corrected chi connectivity index (χ1v) is 31.4. The van der Waals surface area contributed by atoms with Crippen molar-refractivity contribution in [2.24, 2.45) is 0 Å². The van der Waals surface area contributed by atoms with Crippen LogP contribution in [0, 0.1) is 0 Å². The van der Waals surface area contributed by atoms with E-state index in [4.69, 9.17) is 4.74 Å². The second-order valence-electron chi connectivity index (χ2n) is 21.8. The van der Waals surface area contributed by atoms with Crippen LogP contribution in [0.15, 0.2) is 12.2 Å². The molecule has 0 heterocycles. The molecule has 0 aliphatic carbocycles. The second-order valence-corrected chi connectivity index (χ2v) is 21.8. The van der Waals surface area contributed by atoms with E-state index < -0.39 is 18.2 Å². The van der Waals surface area contributed by atoms with Crippen molar-refractivity contribution in [3.8, 4) is 0 Å². The predicted octanol–water partition coefficient (Wildman–Crippen LogP) is 19.6. The van der Waals surface area contributed by atoms with Crippen molar-refractivity contribution in [2.45, 2.75) is 373 Å². The fourth-order valence-electron chi connectivity index (χ4n) is 10.1. The average Bonchev–Trinajstić information content (AvgIpc) is 3.34. The summed E-state index contributed by atoms with van der Waals surface area (Å²) in [6.07, 6.45) is 67.1. The molecule has 0 saturated carbocycles. The number of hydrogen-bond donors (Lipinski definition) is 3. The van der Waals surface area contributed by atoms with E-state index in [2.05, 4.69) is 38.2 Å². The van der Waals surface area contributed by atoms with Crippen LogP contribution in [0.5, 0.6) is 0 Å². The van der Waals surface area contributed by atoms with Gasteiger partial charge in [0.15, 0.2) is 0 Å². The summed E-state index contributed by atoms with van der Waals surface area (Å²) in [6, 6.07) is -0.697. The first-order valence-electron chi connectivity index (χ1n) is 31.4. The molecular formula is C63H123NO5. The van der Waals surface area contributed by atoms with Crippen molar-refractivity contribution in [3.05, 3.63) is 12.2 Å². The Morgan fingerprint density at radius 2 is 0.696 bits per heavy atom. The summed E-state index contributed by atoms with van der Waals surface area (Å²) >= 11 is 0. The van der Waals surface area contributed by atoms with Crippen molar-refractivity contribution in [3.63, 3.8) is 0 Å². The molecule has 0 rings (SSSR count). The molecular weight excluding hydrogens is 851 g/mol. The van der Waals surface area contributed by atoms with E-state index in [1.807, 2.05) is 0 Å². The van der Waals surface area contributed by atoms with Gasteiger partial charge in [-0.1, -0.05) is 303 Å². The quantitative estimate of drug-likeness (QED) is 0.0321. The number of carbonyl (C=O) groups is 2. The second kappa shape index (κ2) is 57.5. The summed E-state index contributed by atoms with van der Waals surface area (Å²) in [5, 5.41) is 24.0. The maximum Gasteiger partial charge on any atom is 0.306 e. The summed E-state index contributed by atoms with van der Waals surface area (Å²) in [6.45, 7) is 6.54. The third-order valence-corrected chi connectivity index (χ3v) is 14.8. The van der Waals surface area contributed by atoms with Crippen LogP contribution in [0.3, 0.4) is 0 Å². The number of nitrogens with one attached hydrogen (secondary N) is 1. The van der Waals surface area contributed by atoms with Gasteiger partial charge in [0.25, 0.3) is 0 Å². The molecule has 1 amide bonds. The van der Waals surface area contributed by atoms with Gasteiger partial charge >= 0.3 is 5.97 Å². The predicted molar refractivity (Wildman–Crippen MR) is 301 cm³/mol. The highest BCUT2D eigenvalue weighted by atomic mass is 16.5. The van der Waals surface area contributed by atoms with E-state index in [-0.39, 0.29) is 24.9 Å². The number of aliphatic hydroxyl groups excluding tert-OH is 2. The monoisotopic (exact) mass is 974 g/mol. The molecule has 6 heteroatoms. The molecule has 0 aromatic heterocycles. The normalized spacial score (nSPS) is 13.1. The zero-order chi connectivity index (χ0) is 50.2. The molecule has 0 saturated heterocycles. The molecule has 0 bridgehead atoms. The number of hydrogen-bond acceptors (Lipinski definition) is 5. The van der Waals surface area contributed by atoms with E-state index in [9.17, 15) is 19.8 Å². The fourth-order valence-corrected chi connectivity index (χ4v) is 10.1. The fraction of sp³-hybridized carbons (Fsp3) is 0.937. The van der Waals surface area contributed by atoms with Crippen molar-refractivity contribution in [1.82, 2.24) is 5.32 Å². The Morgan fingerprint density at radius 3 is 1.03 bits per heavy atom. The first-order chi connectivity index (χ1) is 34.0. The molecule has 3 atom stereocenters. The zero-order valence-corrected chi connectivity index (χ0v) is 47.0. The van der Waals surface area contributed by atoms with Crippen LogP contribution in [-0.2, 0) is 14.3 Å². The molecule has 410 valence electrons. The molecule has 69 heavy (non-hydrogen) atoms. The number of carbonyl (C=O) groups excluding carboxylic acids is 2. The lowest BCUT2D eigenvalue weighted by Gasteiger charge is -2.24. The third kappa shape index (κ3) is 52.7. The lowest BCUT2D eigenvalue weighted by Crippen LogP contribution is -2.46. The van der Waals surface area contributed by atoms with Gasteiger partial charge in [-0.15, -0.1) is 0 Å². The van der Waals surface area contributed by atoms with Gasteiger partial charge < -0.3 is 20.3 Å². The van der Waals surface area contributed by atoms with E-state index in [1.165, 1.54) is 263 Å². The number of ether oxygens (including phenoxy) is 1. The minimum Gasteiger partial charge on any atom is -0.462 e. The summed E-state index contributed by atoms with van der Waals surface area (Å²) in [4.78, 5) is 26.4. The van der Waals surface area contributed by atoms with Crippen LogP contribution >= 0.6 is 0 Å². The smallest absolute Gasteiger partial charge is 0.306 e. The largest absolute Gasteiger partial charge is 0.462 e. The van der Waals surface area contributed by atoms with Crippen LogP contribution in [0.25, 0.3) is 0 Å². The Kier molecular flexibility index (Phi) is 56.3. The van der Waals surface area contributed by atoms with Gasteiger partial charge in [-0.3, -0.25) is 9.59 Å². The molecule has 0 radical (unpaired) electrons. The Morgan fingerprint density at radius 1 is 0.406 bits per heavy atom. The van der Waals surface area contributed by atoms with E-state index in [0.717, 1.165) is 44.9 Å². The molecule has 0 aromatic rings. The van der Waals surface area contributed by atoms with Crippen molar-refractivity contribution >= 4 is 11.9 Å². The Balaban J connectivity index is 4.48. The molecule has 0 spiro atoms. The number of unbranched alkanes of at least 4 members (excludes halogenated alkanes) is 44. The molecule has 0 aliphatic rings. The van der Waals surface area contributed by atoms with Gasteiger partial charge in [-0.05, 0) is 51.4 Å². The van der Waals surface area contributed by atoms with E-state index in [0.29, 0.717) is 19.3 Å². The standard InChI is InChI=1S/C63H123NO5/c1-4-7-10-13-16-19-22-25-28-30-31-32-35-38-41-44-47-50-53-56-63(68)69-59(54-51-48-45-42-39-36-34-29-26-23-20-17-14-11-8-5-2)57-62(67)64-60(58-65)61(66)55-52-49-46-43-40-37-33-27-24-21-18-15-12-9-6-3/h25,28,59-61,65-66H,4-24,26-27,29-58H2,1-3H3,(H,64,67)/b28-25+. The minimum absolute atomic E-state index is 0.0855. The van der Waals surface area contributed by atoms with Gasteiger partial charge in [0.05, 0.1) is 25.2 Å². The SMILES string of the molecule is CCCCCCCC/C=C/CCCCCCCCCCCC(=O)OC(CCCCCCCCCCCCCCCCCC)CC(=O)NC(CO)C(O)CCCCCCCCCCCCCCCCC. The lowest BCUT2D eigenvalue weighted by atomic mass is 10.0. The van der Waals surface area contributed by atoms with E-state index >= 15 is 0 Å². The molecule has 3 unspecified atom stereocenters. The number of rotatable bonds is 58.